The Kier molecular flexibility index (Phi) is 2.32. The number of hydrogen-bond donors (Lipinski definition) is 0. The lowest BCUT2D eigenvalue weighted by atomic mass is 10.2. The van der Waals surface area contributed by atoms with Crippen molar-refractivity contribution < 1.29 is 26.3 Å². The van der Waals surface area contributed by atoms with Gasteiger partial charge in [-0.3, -0.25) is 0 Å². The van der Waals surface area contributed by atoms with Crippen LogP contribution in [0.25, 0.3) is 0 Å². The Balaban J connectivity index is 3.39. The fraction of sp³-hybridized carbons (Fsp3) is 0.600. The van der Waals surface area contributed by atoms with Gasteiger partial charge in [-0.2, -0.15) is 26.3 Å². The normalized spacial score (nSPS) is 29.5. The van der Waals surface area contributed by atoms with E-state index in [4.69, 9.17) is 0 Å². The van der Waals surface area contributed by atoms with Gasteiger partial charge in [0, 0.05) is 0 Å². The van der Waals surface area contributed by atoms with Crippen LogP contribution in [0.4, 0.5) is 26.3 Å². The van der Waals surface area contributed by atoms with Gasteiger partial charge in [0.05, 0.1) is 8.96 Å². The van der Waals surface area contributed by atoms with E-state index in [0.29, 0.717) is 0 Å². The van der Waals surface area contributed by atoms with Gasteiger partial charge in [-0.1, -0.05) is 0 Å². The lowest BCUT2D eigenvalue weighted by Gasteiger charge is -2.24. The molecule has 0 spiro atoms. The van der Waals surface area contributed by atoms with Crippen LogP contribution in [0.2, 0.25) is 0 Å². The van der Waals surface area contributed by atoms with Gasteiger partial charge in [0.25, 0.3) is 0 Å². The second-order valence-corrected chi connectivity index (χ2v) is 3.94. The summed E-state index contributed by atoms with van der Waals surface area (Å²) in [7, 11) is 0. The molecule has 1 aliphatic rings. The Morgan fingerprint density at radius 3 is 1.00 bits per heavy atom. The first-order chi connectivity index (χ1) is 5.57. The summed E-state index contributed by atoms with van der Waals surface area (Å²) in [4.78, 5) is 0. The Bertz CT molecular complexity index is 255. The van der Waals surface area contributed by atoms with Gasteiger partial charge < -0.3 is 0 Å². The second kappa shape index (κ2) is 2.65. The van der Waals surface area contributed by atoms with Gasteiger partial charge >= 0.3 is 17.8 Å². The molecule has 0 amide bonds. The van der Waals surface area contributed by atoms with Gasteiger partial charge in [-0.15, -0.1) is 0 Å². The highest BCUT2D eigenvalue weighted by molar-refractivity contribution is 9.14. The summed E-state index contributed by atoms with van der Waals surface area (Å²) in [6.07, 6.45) is 0. The Labute approximate surface area is 85.2 Å². The maximum Gasteiger partial charge on any atom is 0.381 e. The SMILES string of the molecule is FC1(F)C(Br)=C(Br)C(F)(F)C1(F)F. The second-order valence-electron chi connectivity index (χ2n) is 2.35. The molecule has 1 aliphatic carbocycles. The molecule has 0 N–H and O–H groups in total. The third kappa shape index (κ3) is 1.10. The van der Waals surface area contributed by atoms with Crippen LogP contribution in [0.5, 0.6) is 0 Å². The van der Waals surface area contributed by atoms with Crippen LogP contribution >= 0.6 is 31.9 Å². The molecule has 8 heteroatoms. The summed E-state index contributed by atoms with van der Waals surface area (Å²) in [5.74, 6) is -15.2. The molecule has 0 aromatic heterocycles. The van der Waals surface area contributed by atoms with E-state index in [1.807, 2.05) is 31.9 Å². The molecule has 0 heterocycles. The van der Waals surface area contributed by atoms with Crippen LogP contribution in [0.3, 0.4) is 0 Å². The molecule has 0 fully saturated rings. The van der Waals surface area contributed by atoms with Crippen molar-refractivity contribution in [3.05, 3.63) is 8.96 Å². The van der Waals surface area contributed by atoms with Crippen LogP contribution in [-0.2, 0) is 0 Å². The van der Waals surface area contributed by atoms with Crippen LogP contribution in [0, 0.1) is 0 Å². The molecule has 0 atom stereocenters. The minimum absolute atomic E-state index is 1.52. The molecular formula is C5Br2F6. The van der Waals surface area contributed by atoms with E-state index in [1.54, 1.807) is 0 Å². The van der Waals surface area contributed by atoms with E-state index < -0.39 is 26.7 Å². The number of hydrogen-bond acceptors (Lipinski definition) is 0. The lowest BCUT2D eigenvalue weighted by molar-refractivity contribution is -0.261. The summed E-state index contributed by atoms with van der Waals surface area (Å²) in [5, 5.41) is 0. The number of halogens is 8. The molecule has 0 bridgehead atoms. The van der Waals surface area contributed by atoms with Gasteiger partial charge in [-0.25, -0.2) is 0 Å². The van der Waals surface area contributed by atoms with Crippen molar-refractivity contribution in [3.8, 4) is 0 Å². The quantitative estimate of drug-likeness (QED) is 0.590. The van der Waals surface area contributed by atoms with Crippen LogP contribution < -0.4 is 0 Å². The third-order valence-corrected chi connectivity index (χ3v) is 3.85. The molecule has 0 aromatic rings. The van der Waals surface area contributed by atoms with Gasteiger partial charge in [-0.05, 0) is 31.9 Å². The molecule has 0 aliphatic heterocycles. The maximum absolute atomic E-state index is 12.5. The Hall–Kier alpha value is 0.280. The largest absolute Gasteiger partial charge is 0.381 e. The fourth-order valence-corrected chi connectivity index (χ4v) is 1.74. The molecule has 0 aromatic carbocycles. The zero-order valence-corrected chi connectivity index (χ0v) is 8.70. The molecule has 76 valence electrons. The molecule has 0 radical (unpaired) electrons. The van der Waals surface area contributed by atoms with Crippen LogP contribution in [0.15, 0.2) is 8.96 Å². The van der Waals surface area contributed by atoms with E-state index in [9.17, 15) is 26.3 Å². The fourth-order valence-electron chi connectivity index (χ4n) is 0.749. The predicted molar refractivity (Wildman–Crippen MR) is 39.7 cm³/mol. The summed E-state index contributed by atoms with van der Waals surface area (Å²) >= 11 is 4.00. The average Bonchev–Trinajstić information content (AvgIpc) is 2.05. The van der Waals surface area contributed by atoms with Crippen molar-refractivity contribution in [3.63, 3.8) is 0 Å². The maximum atomic E-state index is 12.5. The van der Waals surface area contributed by atoms with Crippen molar-refractivity contribution in [1.29, 1.82) is 0 Å². The van der Waals surface area contributed by atoms with E-state index >= 15 is 0 Å². The van der Waals surface area contributed by atoms with E-state index in [2.05, 4.69) is 0 Å². The van der Waals surface area contributed by atoms with Crippen molar-refractivity contribution in [2.75, 3.05) is 0 Å². The highest BCUT2D eigenvalue weighted by Gasteiger charge is 2.79. The van der Waals surface area contributed by atoms with Crippen molar-refractivity contribution in [2.24, 2.45) is 0 Å². The standard InChI is InChI=1S/C5Br2F6/c6-1-2(7)4(10,11)5(12,13)3(1,8)9. The molecule has 0 nitrogen and oxygen atoms in total. The first-order valence-corrected chi connectivity index (χ1v) is 4.35. The van der Waals surface area contributed by atoms with Gasteiger partial charge in [0.2, 0.25) is 0 Å². The first kappa shape index (κ1) is 11.4. The molecular weight excluding hydrogens is 334 g/mol. The van der Waals surface area contributed by atoms with E-state index in [1.165, 1.54) is 0 Å². The van der Waals surface area contributed by atoms with Crippen LogP contribution in [0.1, 0.15) is 0 Å². The zero-order chi connectivity index (χ0) is 10.7. The highest BCUT2D eigenvalue weighted by atomic mass is 79.9. The topological polar surface area (TPSA) is 0 Å². The summed E-state index contributed by atoms with van der Waals surface area (Å²) in [6.45, 7) is 0. The zero-order valence-electron chi connectivity index (χ0n) is 5.52. The monoisotopic (exact) mass is 332 g/mol. The van der Waals surface area contributed by atoms with Gasteiger partial charge in [0.15, 0.2) is 0 Å². The summed E-state index contributed by atoms with van der Waals surface area (Å²) in [5.41, 5.74) is 0. The van der Waals surface area contributed by atoms with Crippen molar-refractivity contribution in [1.82, 2.24) is 0 Å². The van der Waals surface area contributed by atoms with E-state index in [0.717, 1.165) is 0 Å². The molecule has 13 heavy (non-hydrogen) atoms. The average molecular weight is 334 g/mol. The minimum Gasteiger partial charge on any atom is -0.193 e. The Morgan fingerprint density at radius 1 is 0.692 bits per heavy atom. The summed E-state index contributed by atoms with van der Waals surface area (Å²) in [6, 6.07) is 0. The molecule has 0 saturated carbocycles. The lowest BCUT2D eigenvalue weighted by Crippen LogP contribution is -2.48. The summed E-state index contributed by atoms with van der Waals surface area (Å²) < 4.78 is 71.7. The smallest absolute Gasteiger partial charge is 0.193 e. The van der Waals surface area contributed by atoms with E-state index in [-0.39, 0.29) is 0 Å². The Morgan fingerprint density at radius 2 is 0.923 bits per heavy atom. The molecule has 0 unspecified atom stereocenters. The molecule has 0 saturated heterocycles. The first-order valence-electron chi connectivity index (χ1n) is 2.76. The van der Waals surface area contributed by atoms with Crippen molar-refractivity contribution >= 4 is 31.9 Å². The third-order valence-electron chi connectivity index (χ3n) is 1.53. The van der Waals surface area contributed by atoms with Crippen molar-refractivity contribution in [2.45, 2.75) is 17.8 Å². The predicted octanol–water partition coefficient (Wildman–Crippen LogP) is 3.91. The minimum atomic E-state index is -5.41. The number of allylic oxidation sites excluding steroid dienone is 2. The van der Waals surface area contributed by atoms with Crippen LogP contribution in [-0.4, -0.2) is 17.8 Å². The van der Waals surface area contributed by atoms with Gasteiger partial charge in [0.1, 0.15) is 0 Å². The highest BCUT2D eigenvalue weighted by Crippen LogP contribution is 2.62. The number of rotatable bonds is 0. The molecule has 1 rings (SSSR count). The number of alkyl halides is 6.